The van der Waals surface area contributed by atoms with Crippen LogP contribution in [-0.4, -0.2) is 41.8 Å². The van der Waals surface area contributed by atoms with Crippen LogP contribution in [-0.2, 0) is 9.84 Å². The van der Waals surface area contributed by atoms with Crippen LogP contribution in [0.15, 0.2) is 29.4 Å². The molecule has 0 radical (unpaired) electrons. The van der Waals surface area contributed by atoms with Crippen molar-refractivity contribution in [1.29, 1.82) is 0 Å². The maximum absolute atomic E-state index is 14.6. The Morgan fingerprint density at radius 1 is 1.13 bits per heavy atom. The average molecular weight is 433 g/mol. The largest absolute Gasteiger partial charge is 0.474 e. The number of aromatic nitrogens is 2. The number of ether oxygens (including phenoxy) is 1. The molecule has 9 heteroatoms. The summed E-state index contributed by atoms with van der Waals surface area (Å²) in [5.41, 5.74) is 0.856. The number of nitrogens with one attached hydrogen (secondary N) is 2. The van der Waals surface area contributed by atoms with E-state index in [-0.39, 0.29) is 21.9 Å². The molecule has 160 valence electrons. The molecular formula is C21H25FN4O3S. The van der Waals surface area contributed by atoms with Crippen molar-refractivity contribution in [3.05, 3.63) is 35.9 Å². The minimum absolute atomic E-state index is 0.0250. The standard InChI is InChI=1S/C21H25FN4O3S/c1-12-20(23-11-24-21(12)29-15-8-13-2-3-14(9-15)25-13)26-19-7-6-17(10-18(19)22)30(27,28)16-4-5-16/h6-7,10-11,13-16,25H,2-5,8-9H2,1H3,(H,23,24,26). The van der Waals surface area contributed by atoms with Crippen molar-refractivity contribution in [2.45, 2.75) is 73.8 Å². The molecule has 5 rings (SSSR count). The molecular weight excluding hydrogens is 407 g/mol. The molecule has 2 aromatic rings. The fourth-order valence-corrected chi connectivity index (χ4v) is 6.08. The second-order valence-corrected chi connectivity index (χ2v) is 10.7. The Kier molecular flexibility index (Phi) is 4.89. The Hall–Kier alpha value is -2.26. The maximum atomic E-state index is 14.6. The average Bonchev–Trinajstić information content (AvgIpc) is 3.52. The van der Waals surface area contributed by atoms with Crippen molar-refractivity contribution in [3.8, 4) is 5.88 Å². The summed E-state index contributed by atoms with van der Waals surface area (Å²) in [6, 6.07) is 4.98. The number of piperidine rings is 1. The van der Waals surface area contributed by atoms with Crippen LogP contribution in [0.5, 0.6) is 5.88 Å². The molecule has 0 spiro atoms. The Morgan fingerprint density at radius 2 is 1.87 bits per heavy atom. The van der Waals surface area contributed by atoms with Gasteiger partial charge in [-0.2, -0.15) is 0 Å². The van der Waals surface area contributed by atoms with Gasteiger partial charge < -0.3 is 15.4 Å². The van der Waals surface area contributed by atoms with Gasteiger partial charge in [-0.25, -0.2) is 22.8 Å². The Balaban J connectivity index is 1.33. The van der Waals surface area contributed by atoms with Crippen LogP contribution in [0, 0.1) is 12.7 Å². The number of benzene rings is 1. The first-order valence-corrected chi connectivity index (χ1v) is 12.0. The fourth-order valence-electron chi connectivity index (χ4n) is 4.41. The van der Waals surface area contributed by atoms with E-state index >= 15 is 0 Å². The minimum Gasteiger partial charge on any atom is -0.474 e. The zero-order chi connectivity index (χ0) is 20.9. The van der Waals surface area contributed by atoms with Crippen LogP contribution in [0.1, 0.15) is 44.1 Å². The van der Waals surface area contributed by atoms with Gasteiger partial charge in [0.1, 0.15) is 24.1 Å². The molecule has 1 aliphatic carbocycles. The lowest BCUT2D eigenvalue weighted by Gasteiger charge is -2.29. The van der Waals surface area contributed by atoms with Gasteiger partial charge in [-0.3, -0.25) is 0 Å². The van der Waals surface area contributed by atoms with E-state index in [1.807, 2.05) is 6.92 Å². The molecule has 1 saturated carbocycles. The van der Waals surface area contributed by atoms with Crippen LogP contribution in [0.3, 0.4) is 0 Å². The molecule has 2 N–H and O–H groups in total. The summed E-state index contributed by atoms with van der Waals surface area (Å²) in [7, 11) is -3.43. The third kappa shape index (κ3) is 3.76. The van der Waals surface area contributed by atoms with Crippen LogP contribution < -0.4 is 15.4 Å². The Morgan fingerprint density at radius 3 is 2.53 bits per heavy atom. The molecule has 2 unspecified atom stereocenters. The second-order valence-electron chi connectivity index (χ2n) is 8.51. The number of rotatable bonds is 6. The molecule has 3 aliphatic rings. The predicted molar refractivity (Wildman–Crippen MR) is 110 cm³/mol. The van der Waals surface area contributed by atoms with Crippen LogP contribution >= 0.6 is 0 Å². The zero-order valence-corrected chi connectivity index (χ0v) is 17.6. The third-order valence-electron chi connectivity index (χ3n) is 6.23. The first-order valence-electron chi connectivity index (χ1n) is 10.4. The normalized spacial score (nSPS) is 25.9. The smallest absolute Gasteiger partial charge is 0.221 e. The van der Waals surface area contributed by atoms with Gasteiger partial charge in [0, 0.05) is 12.1 Å². The molecule has 2 atom stereocenters. The van der Waals surface area contributed by atoms with Crippen molar-refractivity contribution < 1.29 is 17.5 Å². The molecule has 1 aromatic heterocycles. The SMILES string of the molecule is Cc1c(Nc2ccc(S(=O)(=O)C3CC3)cc2F)ncnc1OC1CC2CCC(C1)N2. The van der Waals surface area contributed by atoms with Gasteiger partial charge >= 0.3 is 0 Å². The zero-order valence-electron chi connectivity index (χ0n) is 16.8. The second kappa shape index (κ2) is 7.46. The fraction of sp³-hybridized carbons (Fsp3) is 0.524. The van der Waals surface area contributed by atoms with Gasteiger partial charge in [-0.15, -0.1) is 0 Å². The number of hydrogen-bond acceptors (Lipinski definition) is 7. The van der Waals surface area contributed by atoms with Crippen molar-refractivity contribution in [2.24, 2.45) is 0 Å². The molecule has 7 nitrogen and oxygen atoms in total. The third-order valence-corrected chi connectivity index (χ3v) is 8.49. The van der Waals surface area contributed by atoms with E-state index in [1.165, 1.54) is 31.3 Å². The highest BCUT2D eigenvalue weighted by molar-refractivity contribution is 7.92. The number of fused-ring (bicyclic) bond motifs is 2. The number of anilines is 2. The number of nitrogens with zero attached hydrogens (tertiary/aromatic N) is 2. The Labute approximate surface area is 175 Å². The van der Waals surface area contributed by atoms with Gasteiger partial charge in [0.2, 0.25) is 5.88 Å². The van der Waals surface area contributed by atoms with Gasteiger partial charge in [0.05, 0.1) is 21.4 Å². The monoisotopic (exact) mass is 432 g/mol. The molecule has 2 aliphatic heterocycles. The summed E-state index contributed by atoms with van der Waals surface area (Å²) in [6.07, 6.45) is 7.06. The van der Waals surface area contributed by atoms with Gasteiger partial charge in [0.15, 0.2) is 9.84 Å². The minimum atomic E-state index is -3.43. The van der Waals surface area contributed by atoms with Crippen LogP contribution in [0.2, 0.25) is 0 Å². The van der Waals surface area contributed by atoms with Gasteiger partial charge in [-0.05, 0) is 63.6 Å². The van der Waals surface area contributed by atoms with E-state index < -0.39 is 15.7 Å². The summed E-state index contributed by atoms with van der Waals surface area (Å²) in [5, 5.41) is 6.17. The summed E-state index contributed by atoms with van der Waals surface area (Å²) < 4.78 is 45.5. The molecule has 3 fully saturated rings. The number of hydrogen-bond donors (Lipinski definition) is 2. The van der Waals surface area contributed by atoms with E-state index in [2.05, 4.69) is 20.6 Å². The lowest BCUT2D eigenvalue weighted by molar-refractivity contribution is 0.131. The molecule has 2 bridgehead atoms. The molecule has 2 saturated heterocycles. The number of sulfone groups is 1. The summed E-state index contributed by atoms with van der Waals surface area (Å²) in [5.74, 6) is 0.299. The summed E-state index contributed by atoms with van der Waals surface area (Å²) in [4.78, 5) is 8.52. The first kappa shape index (κ1) is 19.7. The van der Waals surface area contributed by atoms with Crippen molar-refractivity contribution in [1.82, 2.24) is 15.3 Å². The van der Waals surface area contributed by atoms with Crippen molar-refractivity contribution in [2.75, 3.05) is 5.32 Å². The molecule has 0 amide bonds. The summed E-state index contributed by atoms with van der Waals surface area (Å²) in [6.45, 7) is 1.83. The lowest BCUT2D eigenvalue weighted by Crippen LogP contribution is -2.42. The highest BCUT2D eigenvalue weighted by Crippen LogP contribution is 2.35. The van der Waals surface area contributed by atoms with E-state index in [4.69, 9.17) is 4.74 Å². The van der Waals surface area contributed by atoms with E-state index in [1.54, 1.807) is 0 Å². The highest BCUT2D eigenvalue weighted by atomic mass is 32.2. The quantitative estimate of drug-likeness (QED) is 0.724. The van der Waals surface area contributed by atoms with Crippen LogP contribution in [0.25, 0.3) is 0 Å². The first-order chi connectivity index (χ1) is 14.4. The molecule has 3 heterocycles. The molecule has 30 heavy (non-hydrogen) atoms. The van der Waals surface area contributed by atoms with E-state index in [9.17, 15) is 12.8 Å². The van der Waals surface area contributed by atoms with E-state index in [0.29, 0.717) is 42.2 Å². The predicted octanol–water partition coefficient (Wildman–Crippen LogP) is 3.27. The van der Waals surface area contributed by atoms with Crippen LogP contribution in [0.4, 0.5) is 15.9 Å². The maximum Gasteiger partial charge on any atom is 0.221 e. The number of halogens is 1. The Bertz CT molecular complexity index is 1060. The topological polar surface area (TPSA) is 93.2 Å². The van der Waals surface area contributed by atoms with E-state index in [0.717, 1.165) is 18.9 Å². The van der Waals surface area contributed by atoms with Gasteiger partial charge in [-0.1, -0.05) is 0 Å². The van der Waals surface area contributed by atoms with Gasteiger partial charge in [0.25, 0.3) is 0 Å². The summed E-state index contributed by atoms with van der Waals surface area (Å²) >= 11 is 0. The molecule has 1 aromatic carbocycles. The lowest BCUT2D eigenvalue weighted by atomic mass is 10.0. The van der Waals surface area contributed by atoms with Crippen molar-refractivity contribution in [3.63, 3.8) is 0 Å². The van der Waals surface area contributed by atoms with Crippen molar-refractivity contribution >= 4 is 21.3 Å². The highest BCUT2D eigenvalue weighted by Gasteiger charge is 2.37.